The molecule has 1 saturated heterocycles. The Kier molecular flexibility index (Phi) is 3.51. The Labute approximate surface area is 93.5 Å². The van der Waals surface area contributed by atoms with Crippen LogP contribution in [0.3, 0.4) is 0 Å². The number of hydrogen-bond donors (Lipinski definition) is 1. The van der Waals surface area contributed by atoms with E-state index in [2.05, 4.69) is 0 Å². The molecule has 0 aliphatic carbocycles. The van der Waals surface area contributed by atoms with Crippen LogP contribution >= 0.6 is 0 Å². The second kappa shape index (κ2) is 4.89. The first-order chi connectivity index (χ1) is 7.69. The van der Waals surface area contributed by atoms with E-state index in [1.807, 2.05) is 24.3 Å². The first-order valence-corrected chi connectivity index (χ1v) is 5.38. The number of aliphatic hydroxyl groups is 1. The summed E-state index contributed by atoms with van der Waals surface area (Å²) in [6, 6.07) is 7.41. The van der Waals surface area contributed by atoms with Crippen LogP contribution in [0.1, 0.15) is 11.1 Å². The molecule has 0 spiro atoms. The van der Waals surface area contributed by atoms with Crippen molar-refractivity contribution in [2.45, 2.75) is 25.5 Å². The lowest BCUT2D eigenvalue weighted by Crippen LogP contribution is -2.20. The Morgan fingerprint density at radius 2 is 1.56 bits per heavy atom. The Bertz CT molecular complexity index is 331. The molecule has 16 heavy (non-hydrogen) atoms. The van der Waals surface area contributed by atoms with Crippen LogP contribution in [0, 0.1) is 0 Å². The molecule has 0 bridgehead atoms. The number of aliphatic hydroxyl groups excluding tert-OH is 1. The summed E-state index contributed by atoms with van der Waals surface area (Å²) < 4.78 is 25.9. The summed E-state index contributed by atoms with van der Waals surface area (Å²) >= 11 is 0. The molecule has 0 radical (unpaired) electrons. The lowest BCUT2D eigenvalue weighted by molar-refractivity contribution is 0.217. The fourth-order valence-electron chi connectivity index (χ4n) is 1.93. The third-order valence-corrected chi connectivity index (χ3v) is 2.87. The van der Waals surface area contributed by atoms with Crippen molar-refractivity contribution in [2.75, 3.05) is 13.1 Å². The molecule has 1 fully saturated rings. The molecule has 2 unspecified atom stereocenters. The minimum atomic E-state index is -1.35. The topological polar surface area (TPSA) is 23.5 Å². The third-order valence-electron chi connectivity index (χ3n) is 2.87. The predicted molar refractivity (Wildman–Crippen MR) is 57.4 cm³/mol. The molecular formula is C12H15F2NO. The highest BCUT2D eigenvalue weighted by molar-refractivity contribution is 5.22. The van der Waals surface area contributed by atoms with Crippen LogP contribution in [-0.4, -0.2) is 35.4 Å². The first kappa shape index (κ1) is 11.5. The lowest BCUT2D eigenvalue weighted by atomic mass is 10.1. The number of alkyl halides is 2. The normalized spacial score (nSPS) is 26.2. The third kappa shape index (κ3) is 2.57. The van der Waals surface area contributed by atoms with E-state index in [4.69, 9.17) is 5.11 Å². The van der Waals surface area contributed by atoms with E-state index in [0.29, 0.717) is 6.54 Å². The van der Waals surface area contributed by atoms with Gasteiger partial charge in [-0.3, -0.25) is 4.90 Å². The summed E-state index contributed by atoms with van der Waals surface area (Å²) in [5, 5.41) is 8.87. The zero-order chi connectivity index (χ0) is 11.5. The molecule has 1 aromatic rings. The van der Waals surface area contributed by atoms with Gasteiger partial charge in [0, 0.05) is 19.6 Å². The van der Waals surface area contributed by atoms with Crippen LogP contribution in [0.15, 0.2) is 24.3 Å². The fourth-order valence-corrected chi connectivity index (χ4v) is 1.93. The van der Waals surface area contributed by atoms with Crippen molar-refractivity contribution < 1.29 is 13.9 Å². The Balaban J connectivity index is 1.94. The molecule has 0 aromatic heterocycles. The molecule has 88 valence electrons. The molecule has 1 aliphatic heterocycles. The average molecular weight is 227 g/mol. The molecule has 4 heteroatoms. The van der Waals surface area contributed by atoms with Crippen molar-refractivity contribution in [2.24, 2.45) is 0 Å². The molecule has 2 nitrogen and oxygen atoms in total. The van der Waals surface area contributed by atoms with Gasteiger partial charge in [-0.2, -0.15) is 0 Å². The molecule has 0 saturated carbocycles. The largest absolute Gasteiger partial charge is 0.392 e. The van der Waals surface area contributed by atoms with E-state index in [-0.39, 0.29) is 19.7 Å². The van der Waals surface area contributed by atoms with Gasteiger partial charge < -0.3 is 5.11 Å². The van der Waals surface area contributed by atoms with E-state index in [1.165, 1.54) is 0 Å². The lowest BCUT2D eigenvalue weighted by Gasteiger charge is -2.14. The SMILES string of the molecule is OCc1ccc(CN2CC(F)C(F)C2)cc1. The zero-order valence-electron chi connectivity index (χ0n) is 8.94. The molecule has 1 heterocycles. The highest BCUT2D eigenvalue weighted by Crippen LogP contribution is 2.19. The van der Waals surface area contributed by atoms with Gasteiger partial charge in [0.1, 0.15) is 12.3 Å². The molecule has 1 aromatic carbocycles. The maximum absolute atomic E-state index is 12.9. The van der Waals surface area contributed by atoms with Crippen molar-refractivity contribution in [3.8, 4) is 0 Å². The van der Waals surface area contributed by atoms with Crippen molar-refractivity contribution in [1.82, 2.24) is 4.90 Å². The van der Waals surface area contributed by atoms with E-state index >= 15 is 0 Å². The van der Waals surface area contributed by atoms with Gasteiger partial charge in [0.15, 0.2) is 0 Å². The molecule has 1 aliphatic rings. The number of hydrogen-bond acceptors (Lipinski definition) is 2. The molecular weight excluding hydrogens is 212 g/mol. The monoisotopic (exact) mass is 227 g/mol. The van der Waals surface area contributed by atoms with E-state index in [9.17, 15) is 8.78 Å². The molecule has 0 amide bonds. The van der Waals surface area contributed by atoms with Gasteiger partial charge >= 0.3 is 0 Å². The molecule has 2 rings (SSSR count). The van der Waals surface area contributed by atoms with Crippen molar-refractivity contribution in [3.05, 3.63) is 35.4 Å². The Morgan fingerprint density at radius 1 is 1.06 bits per heavy atom. The van der Waals surface area contributed by atoms with Crippen LogP contribution in [0.4, 0.5) is 8.78 Å². The van der Waals surface area contributed by atoms with Gasteiger partial charge in [-0.1, -0.05) is 24.3 Å². The number of benzene rings is 1. The number of likely N-dealkylation sites (tertiary alicyclic amines) is 1. The number of rotatable bonds is 3. The maximum Gasteiger partial charge on any atom is 0.145 e. The smallest absolute Gasteiger partial charge is 0.145 e. The van der Waals surface area contributed by atoms with Crippen LogP contribution in [0.25, 0.3) is 0 Å². The molecule has 1 N–H and O–H groups in total. The van der Waals surface area contributed by atoms with Crippen molar-refractivity contribution in [3.63, 3.8) is 0 Å². The summed E-state index contributed by atoms with van der Waals surface area (Å²) in [7, 11) is 0. The molecule has 2 atom stereocenters. The summed E-state index contributed by atoms with van der Waals surface area (Å²) in [6.07, 6.45) is -2.70. The van der Waals surface area contributed by atoms with E-state index in [1.54, 1.807) is 4.90 Å². The Hall–Kier alpha value is -1.00. The maximum atomic E-state index is 12.9. The predicted octanol–water partition coefficient (Wildman–Crippen LogP) is 1.67. The average Bonchev–Trinajstić information content (AvgIpc) is 2.59. The quantitative estimate of drug-likeness (QED) is 0.849. The number of nitrogens with zero attached hydrogens (tertiary/aromatic N) is 1. The zero-order valence-corrected chi connectivity index (χ0v) is 8.94. The van der Waals surface area contributed by atoms with E-state index in [0.717, 1.165) is 11.1 Å². The summed E-state index contributed by atoms with van der Waals surface area (Å²) in [6.45, 7) is 0.918. The van der Waals surface area contributed by atoms with Gasteiger partial charge in [-0.25, -0.2) is 8.78 Å². The minimum Gasteiger partial charge on any atom is -0.392 e. The number of halogens is 2. The minimum absolute atomic E-state index is 0.0170. The van der Waals surface area contributed by atoms with E-state index < -0.39 is 12.3 Å². The van der Waals surface area contributed by atoms with Gasteiger partial charge in [0.05, 0.1) is 6.61 Å². The van der Waals surface area contributed by atoms with Gasteiger partial charge in [-0.15, -0.1) is 0 Å². The second-order valence-corrected chi connectivity index (χ2v) is 4.20. The summed E-state index contributed by atoms with van der Waals surface area (Å²) in [5.74, 6) is 0. The van der Waals surface area contributed by atoms with Gasteiger partial charge in [0.25, 0.3) is 0 Å². The standard InChI is InChI=1S/C12H15F2NO/c13-11-6-15(7-12(11)14)5-9-1-3-10(8-16)4-2-9/h1-4,11-12,16H,5-8H2. The van der Waals surface area contributed by atoms with Crippen LogP contribution < -0.4 is 0 Å². The van der Waals surface area contributed by atoms with Crippen LogP contribution in [-0.2, 0) is 13.2 Å². The van der Waals surface area contributed by atoms with Crippen molar-refractivity contribution >= 4 is 0 Å². The van der Waals surface area contributed by atoms with Gasteiger partial charge in [0.2, 0.25) is 0 Å². The van der Waals surface area contributed by atoms with Crippen LogP contribution in [0.2, 0.25) is 0 Å². The summed E-state index contributed by atoms with van der Waals surface area (Å²) in [4.78, 5) is 1.77. The second-order valence-electron chi connectivity index (χ2n) is 4.20. The fraction of sp³-hybridized carbons (Fsp3) is 0.500. The first-order valence-electron chi connectivity index (χ1n) is 5.38. The Morgan fingerprint density at radius 3 is 2.06 bits per heavy atom. The van der Waals surface area contributed by atoms with Crippen molar-refractivity contribution in [1.29, 1.82) is 0 Å². The summed E-state index contributed by atoms with van der Waals surface area (Å²) in [5.41, 5.74) is 1.86. The highest BCUT2D eigenvalue weighted by Gasteiger charge is 2.32. The highest BCUT2D eigenvalue weighted by atomic mass is 19.2. The van der Waals surface area contributed by atoms with Gasteiger partial charge in [-0.05, 0) is 11.1 Å². The van der Waals surface area contributed by atoms with Crippen LogP contribution in [0.5, 0.6) is 0 Å².